The third-order valence-electron chi connectivity index (χ3n) is 7.34. The minimum atomic E-state index is -5.17. The summed E-state index contributed by atoms with van der Waals surface area (Å²) in [6.07, 6.45) is -10.3. The zero-order valence-corrected chi connectivity index (χ0v) is 25.0. The number of nitrogens with zero attached hydrogens (tertiary/aromatic N) is 6. The van der Waals surface area contributed by atoms with Crippen LogP contribution in [0, 0.1) is 0 Å². The summed E-state index contributed by atoms with van der Waals surface area (Å²) in [5, 5.41) is 0. The number of hydrogen-bond acceptors (Lipinski definition) is 15. The molecule has 3 aliphatic rings. The standard InChI is InChI=1S/C21H23F2N9O10P2S/c22-10-8-3-38-44(36,45)42-14-9(40-19(11(14)23)31-5-27-12-7(24)1-2-26-16(12)31)4-37-43(34,35)41-15(10)20(39-8)32-6-28-13-17(32)29-21(25)30-18(13)33/h1-2,5-6,8-11,14-15,19-20H,3-4H2,(H2,24,26)(H,34,35)(H,36,45)(H3,25,29,30,33)/t8-,9-,10-,11+,14-,15-,19-,20-,44?/m1/s1. The number of hydrogen-bond donors (Lipinski definition) is 5. The van der Waals surface area contributed by atoms with Crippen molar-refractivity contribution in [2.75, 3.05) is 24.7 Å². The molecule has 242 valence electrons. The molecular formula is C21H23F2N9O10P2S. The van der Waals surface area contributed by atoms with E-state index in [0.29, 0.717) is 0 Å². The molecule has 24 heteroatoms. The molecule has 2 bridgehead atoms. The molecular weight excluding hydrogens is 670 g/mol. The highest BCUT2D eigenvalue weighted by Gasteiger charge is 2.54. The molecule has 19 nitrogen and oxygen atoms in total. The lowest BCUT2D eigenvalue weighted by Gasteiger charge is -2.26. The molecule has 0 aromatic carbocycles. The smallest absolute Gasteiger partial charge is 0.397 e. The van der Waals surface area contributed by atoms with Crippen LogP contribution in [0.2, 0.25) is 0 Å². The maximum atomic E-state index is 16.0. The van der Waals surface area contributed by atoms with Gasteiger partial charge < -0.3 is 35.3 Å². The number of halogens is 2. The number of nitrogens with two attached hydrogens (primary N) is 2. The highest BCUT2D eigenvalue weighted by Crippen LogP contribution is 2.54. The lowest BCUT2D eigenvalue weighted by molar-refractivity contribution is -0.0642. The molecule has 7 heterocycles. The Morgan fingerprint density at radius 1 is 0.933 bits per heavy atom. The number of anilines is 2. The van der Waals surface area contributed by atoms with E-state index in [1.807, 2.05) is 0 Å². The van der Waals surface area contributed by atoms with E-state index >= 15 is 8.78 Å². The van der Waals surface area contributed by atoms with Crippen LogP contribution in [-0.4, -0.2) is 93.8 Å². The van der Waals surface area contributed by atoms with Crippen molar-refractivity contribution >= 4 is 60.3 Å². The summed E-state index contributed by atoms with van der Waals surface area (Å²) in [6.45, 7) is -5.98. The summed E-state index contributed by atoms with van der Waals surface area (Å²) in [5.41, 5.74) is 11.2. The Hall–Kier alpha value is -3.01. The van der Waals surface area contributed by atoms with E-state index in [1.165, 1.54) is 23.2 Å². The van der Waals surface area contributed by atoms with Crippen LogP contribution in [0.15, 0.2) is 29.7 Å². The quantitative estimate of drug-likeness (QED) is 0.177. The first-order valence-corrected chi connectivity index (χ1v) is 17.1. The van der Waals surface area contributed by atoms with Gasteiger partial charge in [-0.2, -0.15) is 4.98 Å². The van der Waals surface area contributed by atoms with Gasteiger partial charge in [-0.1, -0.05) is 0 Å². The first kappa shape index (κ1) is 30.6. The highest BCUT2D eigenvalue weighted by atomic mass is 32.5. The maximum Gasteiger partial charge on any atom is 0.472 e. The molecule has 0 radical (unpaired) electrons. The van der Waals surface area contributed by atoms with Crippen molar-refractivity contribution in [3.8, 4) is 0 Å². The number of H-pyrrole nitrogens is 1. The van der Waals surface area contributed by atoms with Gasteiger partial charge >= 0.3 is 14.5 Å². The van der Waals surface area contributed by atoms with Crippen LogP contribution < -0.4 is 17.0 Å². The van der Waals surface area contributed by atoms with E-state index in [1.54, 1.807) is 0 Å². The first-order chi connectivity index (χ1) is 21.3. The Balaban J connectivity index is 1.21. The number of nitrogens with one attached hydrogen (secondary N) is 1. The fourth-order valence-electron chi connectivity index (χ4n) is 5.32. The van der Waals surface area contributed by atoms with Gasteiger partial charge in [-0.15, -0.1) is 0 Å². The second-order valence-corrected chi connectivity index (χ2v) is 14.4. The molecule has 0 aliphatic carbocycles. The Morgan fingerprint density at radius 2 is 1.62 bits per heavy atom. The van der Waals surface area contributed by atoms with Gasteiger partial charge in [-0.25, -0.2) is 28.3 Å². The Morgan fingerprint density at radius 3 is 2.40 bits per heavy atom. The number of phosphoric ester groups is 1. The minimum absolute atomic E-state index is 0.153. The van der Waals surface area contributed by atoms with Gasteiger partial charge in [0, 0.05) is 6.20 Å². The second kappa shape index (κ2) is 11.1. The summed E-state index contributed by atoms with van der Waals surface area (Å²) in [4.78, 5) is 52.3. The number of aromatic nitrogens is 7. The van der Waals surface area contributed by atoms with Crippen LogP contribution >= 0.6 is 14.5 Å². The number of pyridine rings is 1. The molecule has 4 aromatic heterocycles. The highest BCUT2D eigenvalue weighted by molar-refractivity contribution is 8.07. The monoisotopic (exact) mass is 693 g/mol. The first-order valence-electron chi connectivity index (χ1n) is 13.0. The molecule has 2 unspecified atom stereocenters. The predicted molar refractivity (Wildman–Crippen MR) is 150 cm³/mol. The lowest BCUT2D eigenvalue weighted by atomic mass is 10.1. The van der Waals surface area contributed by atoms with E-state index in [9.17, 15) is 19.1 Å². The van der Waals surface area contributed by atoms with Crippen LogP contribution in [0.4, 0.5) is 20.4 Å². The summed E-state index contributed by atoms with van der Waals surface area (Å²) < 4.78 is 79.8. The fraction of sp³-hybridized carbons (Fsp3) is 0.476. The van der Waals surface area contributed by atoms with E-state index in [4.69, 9.17) is 50.8 Å². The molecule has 3 saturated heterocycles. The van der Waals surface area contributed by atoms with Gasteiger partial charge in [0.05, 0.1) is 31.6 Å². The molecule has 3 aliphatic heterocycles. The summed E-state index contributed by atoms with van der Waals surface area (Å²) in [7, 11) is -5.17. The third kappa shape index (κ3) is 5.44. The Labute approximate surface area is 254 Å². The van der Waals surface area contributed by atoms with Gasteiger partial charge in [0.2, 0.25) is 5.95 Å². The molecule has 45 heavy (non-hydrogen) atoms. The largest absolute Gasteiger partial charge is 0.472 e. The zero-order valence-electron chi connectivity index (χ0n) is 22.4. The fourth-order valence-corrected chi connectivity index (χ4v) is 7.68. The number of phosphoric acid groups is 1. The second-order valence-electron chi connectivity index (χ2n) is 10.2. The topological polar surface area (TPSA) is 259 Å². The number of rotatable bonds is 2. The average Bonchev–Trinajstić information content (AvgIpc) is 3.72. The van der Waals surface area contributed by atoms with Crippen LogP contribution in [-0.2, 0) is 43.9 Å². The van der Waals surface area contributed by atoms with Gasteiger partial charge in [0.1, 0.15) is 29.9 Å². The van der Waals surface area contributed by atoms with E-state index < -0.39 is 82.5 Å². The van der Waals surface area contributed by atoms with Crippen molar-refractivity contribution < 1.29 is 50.7 Å². The Bertz CT molecular complexity index is 1950. The van der Waals surface area contributed by atoms with E-state index in [0.717, 1.165) is 10.9 Å². The molecule has 0 spiro atoms. The predicted octanol–water partition coefficient (Wildman–Crippen LogP) is 0.334. The van der Waals surface area contributed by atoms with Gasteiger partial charge in [-0.3, -0.25) is 32.5 Å². The molecule has 0 saturated carbocycles. The van der Waals surface area contributed by atoms with Crippen molar-refractivity contribution in [2.45, 2.75) is 49.2 Å². The van der Waals surface area contributed by atoms with Crippen LogP contribution in [0.5, 0.6) is 0 Å². The molecule has 0 amide bonds. The molecule has 3 fully saturated rings. The number of alkyl halides is 2. The SMILES string of the molecule is Nc1nc2c(ncn2[C@@H]2O[C@@H]3COP(O)(=S)O[C@H]4[C@H](F)[C@H](n5cnc6c(N)ccnc65)O[C@@H]4COP(=O)(O)O[C@@H]2[C@@H]3F)c(=O)[nH]1. The van der Waals surface area contributed by atoms with Gasteiger partial charge in [-0.05, 0) is 17.9 Å². The van der Waals surface area contributed by atoms with Crippen molar-refractivity contribution in [1.29, 1.82) is 0 Å². The maximum absolute atomic E-state index is 16.0. The Kier molecular flexibility index (Phi) is 7.53. The summed E-state index contributed by atoms with van der Waals surface area (Å²) in [5.74, 6) is -0.295. The zero-order chi connectivity index (χ0) is 31.8. The third-order valence-corrected chi connectivity index (χ3v) is 9.88. The molecule has 7 N–H and O–H groups in total. The van der Waals surface area contributed by atoms with Crippen LogP contribution in [0.3, 0.4) is 0 Å². The van der Waals surface area contributed by atoms with E-state index in [-0.39, 0.29) is 34.0 Å². The van der Waals surface area contributed by atoms with Crippen LogP contribution in [0.1, 0.15) is 12.5 Å². The van der Waals surface area contributed by atoms with Crippen molar-refractivity contribution in [3.05, 3.63) is 35.3 Å². The number of aromatic amines is 1. The number of fused-ring (bicyclic) bond motifs is 5. The summed E-state index contributed by atoms with van der Waals surface area (Å²) >= 11 is 5.09. The molecule has 4 aromatic rings. The average molecular weight is 693 g/mol. The summed E-state index contributed by atoms with van der Waals surface area (Å²) in [6, 6.07) is 1.50. The van der Waals surface area contributed by atoms with Gasteiger partial charge in [0.15, 0.2) is 41.6 Å². The van der Waals surface area contributed by atoms with Gasteiger partial charge in [0.25, 0.3) is 5.56 Å². The van der Waals surface area contributed by atoms with Crippen molar-refractivity contribution in [2.24, 2.45) is 0 Å². The lowest BCUT2D eigenvalue weighted by Crippen LogP contribution is -2.34. The minimum Gasteiger partial charge on any atom is -0.397 e. The van der Waals surface area contributed by atoms with Crippen molar-refractivity contribution in [1.82, 2.24) is 34.1 Å². The van der Waals surface area contributed by atoms with E-state index in [2.05, 4.69) is 24.9 Å². The number of imidazole rings is 2. The van der Waals surface area contributed by atoms with Crippen molar-refractivity contribution in [3.63, 3.8) is 0 Å². The number of nitrogen functional groups attached to an aromatic ring is 2. The normalized spacial score (nSPS) is 37.7. The number of ether oxygens (including phenoxy) is 2. The van der Waals surface area contributed by atoms with Crippen LogP contribution in [0.25, 0.3) is 22.3 Å². The molecule has 10 atom stereocenters. The molecule has 7 rings (SSSR count).